The lowest BCUT2D eigenvalue weighted by Crippen LogP contribution is -2.14. The van der Waals surface area contributed by atoms with E-state index in [1.54, 1.807) is 36.4 Å². The highest BCUT2D eigenvalue weighted by atomic mass is 79.9. The monoisotopic (exact) mass is 452 g/mol. The first-order chi connectivity index (χ1) is 14.1. The Bertz CT molecular complexity index is 1180. The van der Waals surface area contributed by atoms with Gasteiger partial charge >= 0.3 is 0 Å². The van der Waals surface area contributed by atoms with Crippen LogP contribution < -0.4 is 14.8 Å². The molecule has 1 heterocycles. The number of halogens is 1. The highest BCUT2D eigenvalue weighted by Gasteiger charge is 2.19. The first kappa shape index (κ1) is 19.0. The van der Waals surface area contributed by atoms with Gasteiger partial charge in [-0.2, -0.15) is 0 Å². The zero-order chi connectivity index (χ0) is 20.4. The fraction of sp³-hybridized carbons (Fsp3) is 0.0909. The van der Waals surface area contributed by atoms with Crippen molar-refractivity contribution in [3.05, 3.63) is 70.7 Å². The number of oxazole rings is 1. The van der Waals surface area contributed by atoms with Gasteiger partial charge in [0.2, 0.25) is 5.89 Å². The second kappa shape index (κ2) is 7.97. The number of anilines is 1. The number of rotatable bonds is 5. The van der Waals surface area contributed by atoms with E-state index in [0.29, 0.717) is 39.7 Å². The maximum Gasteiger partial charge on any atom is 0.263 e. The minimum Gasteiger partial charge on any atom is -0.496 e. The van der Waals surface area contributed by atoms with E-state index in [1.807, 2.05) is 24.3 Å². The lowest BCUT2D eigenvalue weighted by atomic mass is 10.1. The van der Waals surface area contributed by atoms with Crippen LogP contribution in [0.3, 0.4) is 0 Å². The van der Waals surface area contributed by atoms with Crippen LogP contribution in [-0.4, -0.2) is 25.1 Å². The molecule has 0 unspecified atom stereocenters. The molecule has 0 fully saturated rings. The van der Waals surface area contributed by atoms with Gasteiger partial charge in [0.15, 0.2) is 5.58 Å². The van der Waals surface area contributed by atoms with Crippen molar-refractivity contribution < 1.29 is 18.7 Å². The summed E-state index contributed by atoms with van der Waals surface area (Å²) in [7, 11) is 3.02. The van der Waals surface area contributed by atoms with E-state index in [9.17, 15) is 4.79 Å². The molecule has 0 aliphatic carbocycles. The Hall–Kier alpha value is -3.32. The fourth-order valence-corrected chi connectivity index (χ4v) is 3.48. The van der Waals surface area contributed by atoms with Crippen LogP contribution in [0.15, 0.2) is 69.6 Å². The van der Waals surface area contributed by atoms with Gasteiger partial charge in [-0.3, -0.25) is 4.79 Å². The fourth-order valence-electron chi connectivity index (χ4n) is 3.02. The van der Waals surface area contributed by atoms with E-state index in [1.165, 1.54) is 14.2 Å². The molecule has 146 valence electrons. The van der Waals surface area contributed by atoms with Crippen LogP contribution in [0.5, 0.6) is 11.5 Å². The van der Waals surface area contributed by atoms with Crippen molar-refractivity contribution in [1.29, 1.82) is 0 Å². The van der Waals surface area contributed by atoms with E-state index < -0.39 is 0 Å². The van der Waals surface area contributed by atoms with Crippen LogP contribution in [0.25, 0.3) is 22.6 Å². The number of fused-ring (bicyclic) bond motifs is 1. The minimum absolute atomic E-state index is 0.326. The number of benzene rings is 3. The Labute approximate surface area is 175 Å². The predicted molar refractivity (Wildman–Crippen MR) is 115 cm³/mol. The third kappa shape index (κ3) is 3.69. The number of carbonyl (C=O) groups excluding carboxylic acids is 1. The van der Waals surface area contributed by atoms with Crippen LogP contribution in [-0.2, 0) is 0 Å². The minimum atomic E-state index is -0.340. The summed E-state index contributed by atoms with van der Waals surface area (Å²) in [6.45, 7) is 0. The van der Waals surface area contributed by atoms with Gasteiger partial charge in [-0.1, -0.05) is 18.2 Å². The standard InChI is InChI=1S/C22H17BrN2O4/c1-27-18-8-5-9-19(28-2)20(18)21(26)24-13-10-11-17-16(12-13)25-22(29-17)14-6-3-4-7-15(14)23/h3-12H,1-2H3,(H,24,26). The van der Waals surface area contributed by atoms with Crippen molar-refractivity contribution in [3.63, 3.8) is 0 Å². The van der Waals surface area contributed by atoms with Crippen LogP contribution in [0.1, 0.15) is 10.4 Å². The van der Waals surface area contributed by atoms with Gasteiger partial charge < -0.3 is 19.2 Å². The van der Waals surface area contributed by atoms with Crippen molar-refractivity contribution in [3.8, 4) is 23.0 Å². The molecule has 4 rings (SSSR count). The lowest BCUT2D eigenvalue weighted by molar-refractivity contribution is 0.102. The number of amides is 1. The Morgan fingerprint density at radius 3 is 2.41 bits per heavy atom. The maximum absolute atomic E-state index is 12.9. The summed E-state index contributed by atoms with van der Waals surface area (Å²) in [4.78, 5) is 17.4. The molecule has 0 aliphatic rings. The molecule has 0 atom stereocenters. The Morgan fingerprint density at radius 1 is 1.00 bits per heavy atom. The summed E-state index contributed by atoms with van der Waals surface area (Å²) >= 11 is 3.51. The Kier molecular flexibility index (Phi) is 5.22. The van der Waals surface area contributed by atoms with Crippen molar-refractivity contribution in [2.24, 2.45) is 0 Å². The third-order valence-corrected chi connectivity index (χ3v) is 5.10. The summed E-state index contributed by atoms with van der Waals surface area (Å²) in [5.74, 6) is 1.02. The summed E-state index contributed by atoms with van der Waals surface area (Å²) in [5, 5.41) is 2.87. The van der Waals surface area contributed by atoms with Gasteiger partial charge in [0, 0.05) is 10.2 Å². The van der Waals surface area contributed by atoms with Gasteiger partial charge in [-0.25, -0.2) is 4.98 Å². The first-order valence-electron chi connectivity index (χ1n) is 8.78. The topological polar surface area (TPSA) is 73.6 Å². The molecule has 3 aromatic carbocycles. The molecule has 4 aromatic rings. The summed E-state index contributed by atoms with van der Waals surface area (Å²) in [5.41, 5.74) is 3.03. The van der Waals surface area contributed by atoms with E-state index in [-0.39, 0.29) is 5.91 Å². The highest BCUT2D eigenvalue weighted by molar-refractivity contribution is 9.10. The molecule has 0 radical (unpaired) electrons. The predicted octanol–water partition coefficient (Wildman–Crippen LogP) is 5.53. The average molecular weight is 453 g/mol. The highest BCUT2D eigenvalue weighted by Crippen LogP contribution is 2.32. The molecule has 0 saturated carbocycles. The van der Waals surface area contributed by atoms with E-state index in [4.69, 9.17) is 13.9 Å². The van der Waals surface area contributed by atoms with Crippen LogP contribution in [0, 0.1) is 0 Å². The molecule has 0 aliphatic heterocycles. The molecule has 0 saturated heterocycles. The summed E-state index contributed by atoms with van der Waals surface area (Å²) < 4.78 is 17.4. The number of aromatic nitrogens is 1. The van der Waals surface area contributed by atoms with Gasteiger partial charge in [-0.05, 0) is 58.4 Å². The number of hydrogen-bond acceptors (Lipinski definition) is 5. The smallest absolute Gasteiger partial charge is 0.263 e. The Morgan fingerprint density at radius 2 is 1.72 bits per heavy atom. The van der Waals surface area contributed by atoms with Crippen molar-refractivity contribution in [1.82, 2.24) is 4.98 Å². The number of nitrogens with one attached hydrogen (secondary N) is 1. The van der Waals surface area contributed by atoms with Crippen LogP contribution in [0.2, 0.25) is 0 Å². The number of ether oxygens (including phenoxy) is 2. The zero-order valence-corrected chi connectivity index (χ0v) is 17.3. The normalized spacial score (nSPS) is 10.7. The number of methoxy groups -OCH3 is 2. The molecule has 29 heavy (non-hydrogen) atoms. The van der Waals surface area contributed by atoms with Crippen LogP contribution >= 0.6 is 15.9 Å². The van der Waals surface area contributed by atoms with Gasteiger partial charge in [-0.15, -0.1) is 0 Å². The SMILES string of the molecule is COc1cccc(OC)c1C(=O)Nc1ccc2oc(-c3ccccc3Br)nc2c1. The molecule has 7 heteroatoms. The molecule has 0 spiro atoms. The van der Waals surface area contributed by atoms with E-state index in [2.05, 4.69) is 26.2 Å². The van der Waals surface area contributed by atoms with E-state index in [0.717, 1.165) is 10.0 Å². The quantitative estimate of drug-likeness (QED) is 0.431. The van der Waals surface area contributed by atoms with Gasteiger partial charge in [0.25, 0.3) is 5.91 Å². The second-order valence-electron chi connectivity index (χ2n) is 6.17. The molecular formula is C22H17BrN2O4. The number of carbonyl (C=O) groups is 1. The number of hydrogen-bond donors (Lipinski definition) is 1. The molecule has 1 N–H and O–H groups in total. The summed E-state index contributed by atoms with van der Waals surface area (Å²) in [6, 6.07) is 18.2. The second-order valence-corrected chi connectivity index (χ2v) is 7.03. The van der Waals surface area contributed by atoms with Gasteiger partial charge in [0.1, 0.15) is 22.6 Å². The van der Waals surface area contributed by atoms with E-state index >= 15 is 0 Å². The Balaban J connectivity index is 1.66. The molecular weight excluding hydrogens is 436 g/mol. The van der Waals surface area contributed by atoms with Crippen LogP contribution in [0.4, 0.5) is 5.69 Å². The molecule has 1 amide bonds. The van der Waals surface area contributed by atoms with Crippen molar-refractivity contribution >= 4 is 38.6 Å². The van der Waals surface area contributed by atoms with Crippen molar-refractivity contribution in [2.75, 3.05) is 19.5 Å². The maximum atomic E-state index is 12.9. The molecule has 6 nitrogen and oxygen atoms in total. The molecule has 0 bridgehead atoms. The third-order valence-electron chi connectivity index (χ3n) is 4.40. The largest absolute Gasteiger partial charge is 0.496 e. The summed E-state index contributed by atoms with van der Waals surface area (Å²) in [6.07, 6.45) is 0. The van der Waals surface area contributed by atoms with Crippen molar-refractivity contribution in [2.45, 2.75) is 0 Å². The number of nitrogens with zero attached hydrogens (tertiary/aromatic N) is 1. The first-order valence-corrected chi connectivity index (χ1v) is 9.58. The van der Waals surface area contributed by atoms with Gasteiger partial charge in [0.05, 0.1) is 19.8 Å². The molecule has 1 aromatic heterocycles. The zero-order valence-electron chi connectivity index (χ0n) is 15.7. The average Bonchev–Trinajstić information content (AvgIpc) is 3.16. The lowest BCUT2D eigenvalue weighted by Gasteiger charge is -2.12.